The molecule has 2 heterocycles. The van der Waals surface area contributed by atoms with Crippen LogP contribution in [0.5, 0.6) is 0 Å². The van der Waals surface area contributed by atoms with E-state index in [4.69, 9.17) is 13.9 Å². The molecular weight excluding hydrogens is 499 g/mol. The average molecular weight is 536 g/mol. The van der Waals surface area contributed by atoms with Crippen LogP contribution in [0.2, 0.25) is 0 Å². The number of hydrogen-bond donors (Lipinski definition) is 3. The van der Waals surface area contributed by atoms with Crippen LogP contribution in [0.25, 0.3) is 0 Å². The van der Waals surface area contributed by atoms with E-state index in [1.165, 1.54) is 6.26 Å². The van der Waals surface area contributed by atoms with E-state index in [9.17, 15) is 4.79 Å². The zero-order chi connectivity index (χ0) is 20.7. The van der Waals surface area contributed by atoms with Crippen molar-refractivity contribution in [3.8, 4) is 0 Å². The van der Waals surface area contributed by atoms with E-state index in [0.717, 1.165) is 76.7 Å². The Morgan fingerprint density at radius 2 is 1.97 bits per heavy atom. The highest BCUT2D eigenvalue weighted by Gasteiger charge is 2.13. The number of ether oxygens (including phenoxy) is 2. The molecule has 0 aliphatic carbocycles. The number of aliphatic imine (C=N–C) groups is 1. The molecule has 1 fully saturated rings. The fourth-order valence-electron chi connectivity index (χ4n) is 3.04. The van der Waals surface area contributed by atoms with Crippen molar-refractivity contribution in [2.24, 2.45) is 10.9 Å². The Labute approximate surface area is 197 Å². The summed E-state index contributed by atoms with van der Waals surface area (Å²) in [7, 11) is 0. The van der Waals surface area contributed by atoms with Gasteiger partial charge in [0.05, 0.1) is 6.26 Å². The van der Waals surface area contributed by atoms with Crippen molar-refractivity contribution in [2.45, 2.75) is 39.5 Å². The van der Waals surface area contributed by atoms with E-state index < -0.39 is 0 Å². The zero-order valence-corrected chi connectivity index (χ0v) is 20.5. The molecule has 30 heavy (non-hydrogen) atoms. The van der Waals surface area contributed by atoms with Crippen molar-refractivity contribution in [1.82, 2.24) is 16.0 Å². The first kappa shape index (κ1) is 26.7. The summed E-state index contributed by atoms with van der Waals surface area (Å²) in [6, 6.07) is 1.78. The summed E-state index contributed by atoms with van der Waals surface area (Å²) in [5.41, 5.74) is 0.843. The van der Waals surface area contributed by atoms with Gasteiger partial charge in [0.1, 0.15) is 0 Å². The van der Waals surface area contributed by atoms with E-state index >= 15 is 0 Å². The highest BCUT2D eigenvalue weighted by molar-refractivity contribution is 14.0. The maximum atomic E-state index is 12.0. The van der Waals surface area contributed by atoms with Crippen LogP contribution in [0.15, 0.2) is 21.7 Å². The molecule has 0 unspecified atom stereocenters. The molecule has 172 valence electrons. The maximum absolute atomic E-state index is 12.0. The number of hydrogen-bond acceptors (Lipinski definition) is 5. The van der Waals surface area contributed by atoms with E-state index in [1.807, 2.05) is 13.8 Å². The van der Waals surface area contributed by atoms with Gasteiger partial charge in [0.25, 0.3) is 5.91 Å². The van der Waals surface area contributed by atoms with Crippen molar-refractivity contribution in [2.75, 3.05) is 52.6 Å². The molecule has 2 rings (SSSR count). The zero-order valence-electron chi connectivity index (χ0n) is 18.2. The minimum atomic E-state index is -0.178. The lowest BCUT2D eigenvalue weighted by Crippen LogP contribution is -2.38. The lowest BCUT2D eigenvalue weighted by atomic mass is 10.0. The number of aryl methyl sites for hydroxylation is 1. The van der Waals surface area contributed by atoms with Gasteiger partial charge < -0.3 is 29.8 Å². The fraction of sp³-hybridized carbons (Fsp3) is 0.714. The Balaban J connectivity index is 0.00000450. The summed E-state index contributed by atoms with van der Waals surface area (Å²) < 4.78 is 16.3. The van der Waals surface area contributed by atoms with Crippen molar-refractivity contribution in [1.29, 1.82) is 0 Å². The van der Waals surface area contributed by atoms with Crippen LogP contribution >= 0.6 is 24.0 Å². The second-order valence-corrected chi connectivity index (χ2v) is 7.21. The van der Waals surface area contributed by atoms with Gasteiger partial charge in [0.2, 0.25) is 0 Å². The third kappa shape index (κ3) is 10.6. The molecule has 0 saturated carbocycles. The van der Waals surface area contributed by atoms with Gasteiger partial charge in [-0.05, 0) is 51.5 Å². The Bertz CT molecular complexity index is 618. The number of rotatable bonds is 12. The van der Waals surface area contributed by atoms with E-state index in [0.29, 0.717) is 24.8 Å². The van der Waals surface area contributed by atoms with Crippen molar-refractivity contribution < 1.29 is 18.7 Å². The summed E-state index contributed by atoms with van der Waals surface area (Å²) in [6.45, 7) is 10.0. The quantitative estimate of drug-likeness (QED) is 0.165. The molecule has 1 aliphatic heterocycles. The third-order valence-electron chi connectivity index (χ3n) is 4.76. The molecule has 0 bridgehead atoms. The second-order valence-electron chi connectivity index (χ2n) is 7.21. The van der Waals surface area contributed by atoms with Crippen LogP contribution < -0.4 is 16.0 Å². The van der Waals surface area contributed by atoms with Crippen molar-refractivity contribution in [3.05, 3.63) is 23.7 Å². The van der Waals surface area contributed by atoms with Gasteiger partial charge in [-0.3, -0.25) is 9.79 Å². The minimum Gasteiger partial charge on any atom is -0.459 e. The summed E-state index contributed by atoms with van der Waals surface area (Å²) in [5.74, 6) is 1.64. The molecule has 0 radical (unpaired) electrons. The minimum absolute atomic E-state index is 0. The van der Waals surface area contributed by atoms with Gasteiger partial charge in [0, 0.05) is 58.2 Å². The highest BCUT2D eigenvalue weighted by Crippen LogP contribution is 2.14. The van der Waals surface area contributed by atoms with Crippen LogP contribution in [0.4, 0.5) is 0 Å². The first-order chi connectivity index (χ1) is 14.2. The van der Waals surface area contributed by atoms with E-state index in [1.54, 1.807) is 6.07 Å². The fourth-order valence-corrected chi connectivity index (χ4v) is 3.04. The number of nitrogens with zero attached hydrogens (tertiary/aromatic N) is 1. The highest BCUT2D eigenvalue weighted by atomic mass is 127. The van der Waals surface area contributed by atoms with E-state index in [2.05, 4.69) is 20.9 Å². The molecule has 8 nitrogen and oxygen atoms in total. The first-order valence-electron chi connectivity index (χ1n) is 10.7. The predicted molar refractivity (Wildman–Crippen MR) is 129 cm³/mol. The van der Waals surface area contributed by atoms with Gasteiger partial charge in [0.15, 0.2) is 11.7 Å². The Kier molecular flexibility index (Phi) is 14.6. The molecule has 1 aromatic heterocycles. The van der Waals surface area contributed by atoms with Crippen LogP contribution in [0.3, 0.4) is 0 Å². The number of nitrogens with one attached hydrogen (secondary N) is 3. The number of carbonyl (C=O) groups is 1. The largest absolute Gasteiger partial charge is 0.459 e. The molecule has 1 amide bonds. The lowest BCUT2D eigenvalue weighted by Gasteiger charge is -2.21. The molecule has 0 atom stereocenters. The normalized spacial score (nSPS) is 14.8. The molecule has 9 heteroatoms. The van der Waals surface area contributed by atoms with Crippen LogP contribution in [0.1, 0.15) is 48.7 Å². The SMILES string of the molecule is CCNC(=NCCCNC(=O)c1occc1C)NCCCOCC1CCOCC1.I. The third-order valence-corrected chi connectivity index (χ3v) is 4.76. The second kappa shape index (κ2) is 16.4. The number of halogens is 1. The molecular formula is C21H37IN4O4. The lowest BCUT2D eigenvalue weighted by molar-refractivity contribution is 0.0203. The van der Waals surface area contributed by atoms with Crippen LogP contribution in [0, 0.1) is 12.8 Å². The smallest absolute Gasteiger partial charge is 0.287 e. The topological polar surface area (TPSA) is 97.1 Å². The van der Waals surface area contributed by atoms with Gasteiger partial charge in [-0.2, -0.15) is 0 Å². The standard InChI is InChI=1S/C21H36N4O4.HI/c1-3-22-21(25-11-5-12-28-16-18-7-13-27-14-8-18)24-10-4-9-23-20(26)19-17(2)6-15-29-19;/h6,15,18H,3-5,7-14,16H2,1-2H3,(H,23,26)(H2,22,24,25);1H. The van der Waals surface area contributed by atoms with Gasteiger partial charge in [-0.1, -0.05) is 0 Å². The van der Waals surface area contributed by atoms with Gasteiger partial charge in [-0.25, -0.2) is 0 Å². The number of guanidine groups is 1. The van der Waals surface area contributed by atoms with Gasteiger partial charge in [-0.15, -0.1) is 24.0 Å². The summed E-state index contributed by atoms with van der Waals surface area (Å²) in [6.07, 6.45) is 5.44. The van der Waals surface area contributed by atoms with Gasteiger partial charge >= 0.3 is 0 Å². The summed E-state index contributed by atoms with van der Waals surface area (Å²) in [5, 5.41) is 9.42. The Hall–Kier alpha value is -1.33. The molecule has 3 N–H and O–H groups in total. The first-order valence-corrected chi connectivity index (χ1v) is 10.7. The van der Waals surface area contributed by atoms with Crippen molar-refractivity contribution >= 4 is 35.8 Å². The number of carbonyl (C=O) groups excluding carboxylic acids is 1. The van der Waals surface area contributed by atoms with Crippen LogP contribution in [-0.4, -0.2) is 64.5 Å². The molecule has 1 aliphatic rings. The maximum Gasteiger partial charge on any atom is 0.287 e. The predicted octanol–water partition coefficient (Wildman–Crippen LogP) is 2.71. The van der Waals surface area contributed by atoms with Crippen molar-refractivity contribution in [3.63, 3.8) is 0 Å². The molecule has 0 spiro atoms. The monoisotopic (exact) mass is 536 g/mol. The van der Waals surface area contributed by atoms with E-state index in [-0.39, 0.29) is 29.9 Å². The average Bonchev–Trinajstić information content (AvgIpc) is 3.16. The van der Waals surface area contributed by atoms with Crippen LogP contribution in [-0.2, 0) is 9.47 Å². The number of amides is 1. The number of furan rings is 1. The molecule has 1 aromatic rings. The summed E-state index contributed by atoms with van der Waals surface area (Å²) in [4.78, 5) is 16.5. The molecule has 1 saturated heterocycles. The Morgan fingerprint density at radius 1 is 1.20 bits per heavy atom. The Morgan fingerprint density at radius 3 is 2.67 bits per heavy atom. The summed E-state index contributed by atoms with van der Waals surface area (Å²) >= 11 is 0. The molecule has 0 aromatic carbocycles.